The second kappa shape index (κ2) is 7.77. The number of nitrogens with zero attached hydrogens (tertiary/aromatic N) is 2. The molecule has 0 aliphatic carbocycles. The van der Waals surface area contributed by atoms with Gasteiger partial charge in [-0.3, -0.25) is 14.2 Å². The third-order valence-electron chi connectivity index (χ3n) is 4.60. The van der Waals surface area contributed by atoms with Crippen molar-refractivity contribution < 1.29 is 9.18 Å². The number of hydrogen-bond donors (Lipinski definition) is 1. The van der Waals surface area contributed by atoms with Gasteiger partial charge in [0.1, 0.15) is 16.7 Å². The van der Waals surface area contributed by atoms with Crippen molar-refractivity contribution in [2.75, 3.05) is 5.32 Å². The summed E-state index contributed by atoms with van der Waals surface area (Å²) in [5.74, 6) is -0.742. The molecule has 1 amide bonds. The summed E-state index contributed by atoms with van der Waals surface area (Å²) >= 11 is 7.42. The van der Waals surface area contributed by atoms with Crippen molar-refractivity contribution in [3.05, 3.63) is 81.4 Å². The molecular weight excluding hydrogens is 413 g/mol. The largest absolute Gasteiger partial charge is 0.323 e. The fourth-order valence-corrected chi connectivity index (χ4v) is 4.08. The number of amides is 1. The average molecular weight is 428 g/mol. The van der Waals surface area contributed by atoms with Gasteiger partial charge in [-0.25, -0.2) is 9.37 Å². The zero-order valence-corrected chi connectivity index (χ0v) is 16.8. The van der Waals surface area contributed by atoms with Crippen molar-refractivity contribution in [1.29, 1.82) is 0 Å². The first kappa shape index (κ1) is 19.3. The molecule has 146 valence electrons. The van der Waals surface area contributed by atoms with E-state index >= 15 is 0 Å². The third-order valence-corrected chi connectivity index (χ3v) is 5.82. The van der Waals surface area contributed by atoms with Crippen LogP contribution in [0.3, 0.4) is 0 Å². The lowest BCUT2D eigenvalue weighted by molar-refractivity contribution is -0.118. The first-order valence-corrected chi connectivity index (χ1v) is 10.0. The van der Waals surface area contributed by atoms with E-state index in [0.717, 1.165) is 0 Å². The molecule has 1 unspecified atom stereocenters. The standard InChI is InChI=1S/C21H15ClFN3O2S/c1-12(19(27)25-17-5-3-2-4-16(17)22)26-11-24-20-18(21(26)28)15(10-29-20)13-6-8-14(23)9-7-13/h2-12H,1H3,(H,25,27). The molecule has 2 heterocycles. The molecule has 0 saturated heterocycles. The predicted octanol–water partition coefficient (Wildman–Crippen LogP) is 5.12. The Hall–Kier alpha value is -3.03. The molecule has 5 nitrogen and oxygen atoms in total. The van der Waals surface area contributed by atoms with Crippen LogP contribution in [0.4, 0.5) is 10.1 Å². The van der Waals surface area contributed by atoms with Gasteiger partial charge in [-0.15, -0.1) is 11.3 Å². The first-order valence-electron chi connectivity index (χ1n) is 8.75. The summed E-state index contributed by atoms with van der Waals surface area (Å²) in [7, 11) is 0. The molecule has 0 fully saturated rings. The molecule has 0 saturated carbocycles. The van der Waals surface area contributed by atoms with Crippen LogP contribution < -0.4 is 10.9 Å². The lowest BCUT2D eigenvalue weighted by atomic mass is 10.1. The summed E-state index contributed by atoms with van der Waals surface area (Å²) < 4.78 is 14.5. The second-order valence-corrected chi connectivity index (χ2v) is 7.70. The minimum absolute atomic E-state index is 0.336. The number of anilines is 1. The highest BCUT2D eigenvalue weighted by Gasteiger charge is 2.21. The SMILES string of the molecule is CC(C(=O)Nc1ccccc1Cl)n1cnc2scc(-c3ccc(F)cc3)c2c1=O. The van der Waals surface area contributed by atoms with Crippen LogP contribution >= 0.6 is 22.9 Å². The molecule has 0 aliphatic heterocycles. The van der Waals surface area contributed by atoms with Gasteiger partial charge in [-0.05, 0) is 36.8 Å². The Morgan fingerprint density at radius 3 is 2.66 bits per heavy atom. The van der Waals surface area contributed by atoms with Crippen molar-refractivity contribution >= 4 is 44.7 Å². The summed E-state index contributed by atoms with van der Waals surface area (Å²) in [4.78, 5) is 30.7. The molecule has 4 rings (SSSR count). The van der Waals surface area contributed by atoms with E-state index < -0.39 is 6.04 Å². The van der Waals surface area contributed by atoms with E-state index in [0.29, 0.717) is 32.1 Å². The average Bonchev–Trinajstić information content (AvgIpc) is 3.15. The van der Waals surface area contributed by atoms with Crippen LogP contribution in [0.15, 0.2) is 65.0 Å². The number of halogens is 2. The van der Waals surface area contributed by atoms with Crippen molar-refractivity contribution in [2.45, 2.75) is 13.0 Å². The quantitative estimate of drug-likeness (QED) is 0.491. The van der Waals surface area contributed by atoms with Gasteiger partial charge < -0.3 is 5.32 Å². The molecular formula is C21H15ClFN3O2S. The number of carbonyl (C=O) groups is 1. The van der Waals surface area contributed by atoms with Gasteiger partial charge in [-0.2, -0.15) is 0 Å². The number of aromatic nitrogens is 2. The van der Waals surface area contributed by atoms with Gasteiger partial charge >= 0.3 is 0 Å². The van der Waals surface area contributed by atoms with Gasteiger partial charge in [0.15, 0.2) is 0 Å². The Morgan fingerprint density at radius 2 is 1.93 bits per heavy atom. The highest BCUT2D eigenvalue weighted by Crippen LogP contribution is 2.31. The Morgan fingerprint density at radius 1 is 1.21 bits per heavy atom. The van der Waals surface area contributed by atoms with E-state index in [9.17, 15) is 14.0 Å². The monoisotopic (exact) mass is 427 g/mol. The molecule has 2 aromatic heterocycles. The number of benzene rings is 2. The molecule has 8 heteroatoms. The van der Waals surface area contributed by atoms with Crippen LogP contribution in [-0.2, 0) is 4.79 Å². The van der Waals surface area contributed by atoms with Crippen molar-refractivity contribution in [1.82, 2.24) is 9.55 Å². The fraction of sp³-hybridized carbons (Fsp3) is 0.0952. The maximum absolute atomic E-state index is 13.3. The lowest BCUT2D eigenvalue weighted by Crippen LogP contribution is -2.31. The summed E-state index contributed by atoms with van der Waals surface area (Å²) in [6, 6.07) is 12.0. The third kappa shape index (κ3) is 3.66. The maximum atomic E-state index is 13.3. The fourth-order valence-electron chi connectivity index (χ4n) is 2.99. The van der Waals surface area contributed by atoms with E-state index in [2.05, 4.69) is 10.3 Å². The van der Waals surface area contributed by atoms with Crippen LogP contribution in [-0.4, -0.2) is 15.5 Å². The van der Waals surface area contributed by atoms with Crippen molar-refractivity contribution in [2.24, 2.45) is 0 Å². The van der Waals surface area contributed by atoms with Crippen LogP contribution in [0.1, 0.15) is 13.0 Å². The van der Waals surface area contributed by atoms with E-state index in [1.165, 1.54) is 34.4 Å². The Bertz CT molecular complexity index is 1270. The summed E-state index contributed by atoms with van der Waals surface area (Å²) in [6.45, 7) is 1.62. The number of hydrogen-bond acceptors (Lipinski definition) is 4. The Kier molecular flexibility index (Phi) is 5.17. The van der Waals surface area contributed by atoms with E-state index in [1.54, 1.807) is 43.3 Å². The van der Waals surface area contributed by atoms with Crippen LogP contribution in [0.25, 0.3) is 21.3 Å². The van der Waals surface area contributed by atoms with E-state index in [1.807, 2.05) is 5.38 Å². The molecule has 0 radical (unpaired) electrons. The van der Waals surface area contributed by atoms with Gasteiger partial charge in [-0.1, -0.05) is 35.9 Å². The van der Waals surface area contributed by atoms with E-state index in [4.69, 9.17) is 11.6 Å². The predicted molar refractivity (Wildman–Crippen MR) is 114 cm³/mol. The Balaban J connectivity index is 1.72. The second-order valence-electron chi connectivity index (χ2n) is 6.44. The minimum atomic E-state index is -0.809. The van der Waals surface area contributed by atoms with Crippen LogP contribution in [0.5, 0.6) is 0 Å². The number of para-hydroxylation sites is 1. The molecule has 2 aromatic carbocycles. The zero-order valence-electron chi connectivity index (χ0n) is 15.2. The number of thiophene rings is 1. The molecule has 1 atom stereocenters. The summed E-state index contributed by atoms with van der Waals surface area (Å²) in [5, 5.41) is 5.36. The highest BCUT2D eigenvalue weighted by molar-refractivity contribution is 7.17. The van der Waals surface area contributed by atoms with Gasteiger partial charge in [0.05, 0.1) is 22.4 Å². The topological polar surface area (TPSA) is 64.0 Å². The van der Waals surface area contributed by atoms with Crippen LogP contribution in [0.2, 0.25) is 5.02 Å². The number of rotatable bonds is 4. The van der Waals surface area contributed by atoms with Gasteiger partial charge in [0, 0.05) is 10.9 Å². The van der Waals surface area contributed by atoms with Crippen molar-refractivity contribution in [3.8, 4) is 11.1 Å². The number of fused-ring (bicyclic) bond motifs is 1. The van der Waals surface area contributed by atoms with Crippen LogP contribution in [0, 0.1) is 5.82 Å². The zero-order chi connectivity index (χ0) is 20.5. The van der Waals surface area contributed by atoms with Gasteiger partial charge in [0.25, 0.3) is 5.56 Å². The highest BCUT2D eigenvalue weighted by atomic mass is 35.5. The first-order chi connectivity index (χ1) is 14.0. The molecule has 0 aliphatic rings. The van der Waals surface area contributed by atoms with Crippen molar-refractivity contribution in [3.63, 3.8) is 0 Å². The number of carbonyl (C=O) groups excluding carboxylic acids is 1. The summed E-state index contributed by atoms with van der Waals surface area (Å²) in [5.41, 5.74) is 1.51. The molecule has 1 N–H and O–H groups in total. The molecule has 4 aromatic rings. The smallest absolute Gasteiger partial charge is 0.263 e. The number of nitrogens with one attached hydrogen (secondary N) is 1. The lowest BCUT2D eigenvalue weighted by Gasteiger charge is -2.15. The minimum Gasteiger partial charge on any atom is -0.323 e. The molecule has 29 heavy (non-hydrogen) atoms. The molecule has 0 bridgehead atoms. The van der Waals surface area contributed by atoms with Gasteiger partial charge in [0.2, 0.25) is 5.91 Å². The Labute approximate surface area is 174 Å². The van der Waals surface area contributed by atoms with E-state index in [-0.39, 0.29) is 17.3 Å². The normalized spacial score (nSPS) is 12.1. The maximum Gasteiger partial charge on any atom is 0.263 e. The summed E-state index contributed by atoms with van der Waals surface area (Å²) in [6.07, 6.45) is 1.37. The molecule has 0 spiro atoms.